The molecule has 0 saturated carbocycles. The summed E-state index contributed by atoms with van der Waals surface area (Å²) in [7, 11) is 0. The van der Waals surface area contributed by atoms with Crippen molar-refractivity contribution in [3.05, 3.63) is 37.5 Å². The van der Waals surface area contributed by atoms with E-state index in [1.165, 1.54) is 0 Å². The van der Waals surface area contributed by atoms with Gasteiger partial charge in [0.1, 0.15) is 0 Å². The van der Waals surface area contributed by atoms with Crippen LogP contribution in [0.25, 0.3) is 0 Å². The normalized spacial score (nSPS) is 24.3. The summed E-state index contributed by atoms with van der Waals surface area (Å²) in [5.74, 6) is 1.03. The van der Waals surface area contributed by atoms with Crippen LogP contribution in [0.5, 0.6) is 0 Å². The fourth-order valence-electron chi connectivity index (χ4n) is 1.36. The Hall–Kier alpha value is -0.860. The first-order valence-corrected chi connectivity index (χ1v) is 4.94. The molecule has 2 nitrogen and oxygen atoms in total. The minimum Gasteiger partial charge on any atom is -0.377 e. The summed E-state index contributed by atoms with van der Waals surface area (Å²) in [6, 6.07) is 0. The van der Waals surface area contributed by atoms with E-state index in [0.717, 1.165) is 13.2 Å². The van der Waals surface area contributed by atoms with Crippen LogP contribution >= 0.6 is 0 Å². The molecule has 0 aromatic rings. The van der Waals surface area contributed by atoms with E-state index in [9.17, 15) is 0 Å². The summed E-state index contributed by atoms with van der Waals surface area (Å²) in [4.78, 5) is 0. The van der Waals surface area contributed by atoms with Gasteiger partial charge in [-0.05, 0) is 0 Å². The predicted molar refractivity (Wildman–Crippen MR) is 58.2 cm³/mol. The first-order valence-electron chi connectivity index (χ1n) is 4.94. The Balaban J connectivity index is 2.07. The van der Waals surface area contributed by atoms with Crippen LogP contribution in [-0.2, 0) is 9.47 Å². The Morgan fingerprint density at radius 3 is 1.64 bits per heavy atom. The molecule has 0 amide bonds. The molecule has 0 aromatic heterocycles. The zero-order chi connectivity index (χ0) is 10.2. The monoisotopic (exact) mass is 194 g/mol. The summed E-state index contributed by atoms with van der Waals surface area (Å²) >= 11 is 0. The summed E-state index contributed by atoms with van der Waals surface area (Å²) in [6.45, 7) is 10.0. The Morgan fingerprint density at radius 2 is 1.36 bits per heavy atom. The van der Waals surface area contributed by atoms with Gasteiger partial charge in [-0.2, -0.15) is 0 Å². The number of hydrogen-bond acceptors (Lipinski definition) is 2. The number of ether oxygens (including phenoxy) is 2. The summed E-state index contributed by atoms with van der Waals surface area (Å²) in [5.41, 5.74) is 0. The molecule has 2 heteroatoms. The Kier molecular flexibility index (Phi) is 5.27. The Morgan fingerprint density at radius 1 is 0.929 bits per heavy atom. The highest BCUT2D eigenvalue weighted by atomic mass is 16.5. The van der Waals surface area contributed by atoms with Gasteiger partial charge in [0.05, 0.1) is 26.4 Å². The molecule has 2 atom stereocenters. The molecule has 0 fully saturated rings. The lowest BCUT2D eigenvalue weighted by Gasteiger charge is -2.28. The van der Waals surface area contributed by atoms with Crippen LogP contribution in [0.2, 0.25) is 0 Å². The lowest BCUT2D eigenvalue weighted by atomic mass is 9.83. The predicted octanol–water partition coefficient (Wildman–Crippen LogP) is 2.19. The highest BCUT2D eigenvalue weighted by Crippen LogP contribution is 2.25. The molecule has 0 saturated heterocycles. The second-order valence-electron chi connectivity index (χ2n) is 3.36. The minimum atomic E-state index is 0.514. The molecular formula is C12H18O2. The first-order chi connectivity index (χ1) is 6.88. The molecule has 0 aliphatic heterocycles. The van der Waals surface area contributed by atoms with Crippen LogP contribution in [-0.4, -0.2) is 26.4 Å². The van der Waals surface area contributed by atoms with Gasteiger partial charge in [0, 0.05) is 11.8 Å². The molecule has 0 N–H and O–H groups in total. The third-order valence-corrected chi connectivity index (χ3v) is 2.25. The maximum Gasteiger partial charge on any atom is 0.0645 e. The SMILES string of the molecule is C=CCOC[C@H]1C=C[C@H]1COCC=C. The topological polar surface area (TPSA) is 18.5 Å². The zero-order valence-corrected chi connectivity index (χ0v) is 8.52. The average Bonchev–Trinajstić information content (AvgIpc) is 2.17. The highest BCUT2D eigenvalue weighted by molar-refractivity contribution is 5.09. The largest absolute Gasteiger partial charge is 0.377 e. The van der Waals surface area contributed by atoms with Crippen LogP contribution in [0.1, 0.15) is 0 Å². The van der Waals surface area contributed by atoms with E-state index < -0.39 is 0 Å². The van der Waals surface area contributed by atoms with Gasteiger partial charge in [0.2, 0.25) is 0 Å². The number of hydrogen-bond donors (Lipinski definition) is 0. The smallest absolute Gasteiger partial charge is 0.0645 e. The van der Waals surface area contributed by atoms with Gasteiger partial charge in [0.15, 0.2) is 0 Å². The van der Waals surface area contributed by atoms with Gasteiger partial charge in [-0.25, -0.2) is 0 Å². The van der Waals surface area contributed by atoms with Gasteiger partial charge < -0.3 is 9.47 Å². The van der Waals surface area contributed by atoms with E-state index in [2.05, 4.69) is 25.3 Å². The van der Waals surface area contributed by atoms with Crippen LogP contribution in [0.4, 0.5) is 0 Å². The van der Waals surface area contributed by atoms with Crippen molar-refractivity contribution < 1.29 is 9.47 Å². The molecule has 0 aromatic carbocycles. The Labute approximate surface area is 85.9 Å². The zero-order valence-electron chi connectivity index (χ0n) is 8.52. The fraction of sp³-hybridized carbons (Fsp3) is 0.500. The van der Waals surface area contributed by atoms with E-state index in [-0.39, 0.29) is 0 Å². The van der Waals surface area contributed by atoms with Crippen molar-refractivity contribution in [3.63, 3.8) is 0 Å². The number of rotatable bonds is 8. The molecule has 1 aliphatic rings. The van der Waals surface area contributed by atoms with E-state index in [0.29, 0.717) is 25.0 Å². The molecule has 78 valence electrons. The maximum atomic E-state index is 5.38. The van der Waals surface area contributed by atoms with Crippen molar-refractivity contribution >= 4 is 0 Å². The van der Waals surface area contributed by atoms with Crippen molar-refractivity contribution in [1.29, 1.82) is 0 Å². The first kappa shape index (κ1) is 11.2. The quantitative estimate of drug-likeness (QED) is 0.435. The van der Waals surface area contributed by atoms with Crippen LogP contribution in [0.3, 0.4) is 0 Å². The summed E-state index contributed by atoms with van der Waals surface area (Å²) < 4.78 is 10.8. The van der Waals surface area contributed by atoms with Gasteiger partial charge in [-0.15, -0.1) is 13.2 Å². The lowest BCUT2D eigenvalue weighted by Crippen LogP contribution is -2.27. The summed E-state index contributed by atoms with van der Waals surface area (Å²) in [6.07, 6.45) is 7.88. The van der Waals surface area contributed by atoms with Crippen molar-refractivity contribution in [2.24, 2.45) is 11.8 Å². The molecular weight excluding hydrogens is 176 g/mol. The third-order valence-electron chi connectivity index (χ3n) is 2.25. The molecule has 0 heterocycles. The molecule has 1 rings (SSSR count). The maximum absolute atomic E-state index is 5.38. The Bertz CT molecular complexity index is 186. The van der Waals surface area contributed by atoms with E-state index in [1.54, 1.807) is 12.2 Å². The van der Waals surface area contributed by atoms with Gasteiger partial charge in [-0.3, -0.25) is 0 Å². The lowest BCUT2D eigenvalue weighted by molar-refractivity contribution is 0.0707. The molecule has 1 aliphatic carbocycles. The van der Waals surface area contributed by atoms with Gasteiger partial charge >= 0.3 is 0 Å². The van der Waals surface area contributed by atoms with Gasteiger partial charge in [0.25, 0.3) is 0 Å². The third kappa shape index (κ3) is 3.48. The molecule has 0 spiro atoms. The molecule has 0 unspecified atom stereocenters. The van der Waals surface area contributed by atoms with Crippen molar-refractivity contribution in [2.45, 2.75) is 0 Å². The average molecular weight is 194 g/mol. The standard InChI is InChI=1S/C12H18O2/c1-3-7-13-9-11-5-6-12(11)10-14-8-4-2/h3-6,11-12H,1-2,7-10H2/t11-,12+. The minimum absolute atomic E-state index is 0.514. The van der Waals surface area contributed by atoms with Crippen molar-refractivity contribution in [1.82, 2.24) is 0 Å². The highest BCUT2D eigenvalue weighted by Gasteiger charge is 2.23. The van der Waals surface area contributed by atoms with Crippen molar-refractivity contribution in [2.75, 3.05) is 26.4 Å². The second kappa shape index (κ2) is 6.57. The molecule has 0 bridgehead atoms. The van der Waals surface area contributed by atoms with E-state index in [1.807, 2.05) is 0 Å². The summed E-state index contributed by atoms with van der Waals surface area (Å²) in [5, 5.41) is 0. The van der Waals surface area contributed by atoms with Crippen LogP contribution in [0, 0.1) is 11.8 Å². The van der Waals surface area contributed by atoms with Crippen LogP contribution < -0.4 is 0 Å². The molecule has 14 heavy (non-hydrogen) atoms. The fourth-order valence-corrected chi connectivity index (χ4v) is 1.36. The second-order valence-corrected chi connectivity index (χ2v) is 3.36. The van der Waals surface area contributed by atoms with E-state index >= 15 is 0 Å². The van der Waals surface area contributed by atoms with E-state index in [4.69, 9.17) is 9.47 Å². The molecule has 0 radical (unpaired) electrons. The van der Waals surface area contributed by atoms with Crippen molar-refractivity contribution in [3.8, 4) is 0 Å². The van der Waals surface area contributed by atoms with Crippen LogP contribution in [0.15, 0.2) is 37.5 Å². The van der Waals surface area contributed by atoms with Gasteiger partial charge in [-0.1, -0.05) is 24.3 Å².